The van der Waals surface area contributed by atoms with Crippen LogP contribution in [0.1, 0.15) is 10.4 Å². The van der Waals surface area contributed by atoms with E-state index in [1.165, 1.54) is 11.7 Å². The fourth-order valence-electron chi connectivity index (χ4n) is 2.53. The predicted molar refractivity (Wildman–Crippen MR) is 78.5 cm³/mol. The quantitative estimate of drug-likeness (QED) is 0.710. The summed E-state index contributed by atoms with van der Waals surface area (Å²) in [5, 5.41) is 10.7. The number of aliphatic hydroxyl groups is 1. The van der Waals surface area contributed by atoms with Gasteiger partial charge in [0.15, 0.2) is 0 Å². The van der Waals surface area contributed by atoms with Crippen LogP contribution in [0.3, 0.4) is 0 Å². The van der Waals surface area contributed by atoms with Crippen molar-refractivity contribution in [1.82, 2.24) is 9.55 Å². The number of hydrogen-bond acceptors (Lipinski definition) is 4. The largest absolute Gasteiger partial charge is 0.465 e. The van der Waals surface area contributed by atoms with E-state index in [0.717, 1.165) is 16.3 Å². The molecule has 2 heterocycles. The van der Waals surface area contributed by atoms with E-state index in [-0.39, 0.29) is 18.7 Å². The molecular formula is C15H14N2O4. The van der Waals surface area contributed by atoms with Gasteiger partial charge in [0.25, 0.3) is 5.56 Å². The molecule has 1 aromatic carbocycles. The summed E-state index contributed by atoms with van der Waals surface area (Å²) in [5.41, 5.74) is 0.774. The standard InChI is InChI=1S/C15H14N2O4/c1-21-15(20)12-13-10(8-17(6-7-18)14(12)19)9-4-2-3-5-11(9)16-13/h2-5,8,16,18H,6-7H2,1H3. The summed E-state index contributed by atoms with van der Waals surface area (Å²) in [6.07, 6.45) is 1.65. The second-order valence-corrected chi connectivity index (χ2v) is 4.68. The molecule has 0 unspecified atom stereocenters. The summed E-state index contributed by atoms with van der Waals surface area (Å²) in [7, 11) is 1.24. The van der Waals surface area contributed by atoms with Crippen molar-refractivity contribution in [3.05, 3.63) is 46.4 Å². The molecule has 0 amide bonds. The van der Waals surface area contributed by atoms with Crippen LogP contribution in [0, 0.1) is 0 Å². The number of ether oxygens (including phenoxy) is 1. The van der Waals surface area contributed by atoms with Crippen molar-refractivity contribution in [3.8, 4) is 0 Å². The molecule has 0 radical (unpaired) electrons. The van der Waals surface area contributed by atoms with Crippen molar-refractivity contribution in [2.75, 3.05) is 13.7 Å². The lowest BCUT2D eigenvalue weighted by Gasteiger charge is -2.07. The van der Waals surface area contributed by atoms with E-state index >= 15 is 0 Å². The number of carbonyl (C=O) groups excluding carboxylic acids is 1. The van der Waals surface area contributed by atoms with Crippen molar-refractivity contribution in [1.29, 1.82) is 0 Å². The molecular weight excluding hydrogens is 272 g/mol. The SMILES string of the molecule is COC(=O)c1c(=O)n(CCO)cc2c1[nH]c1ccccc12. The Balaban J connectivity index is 2.48. The highest BCUT2D eigenvalue weighted by molar-refractivity contribution is 6.13. The lowest BCUT2D eigenvalue weighted by Crippen LogP contribution is -2.28. The van der Waals surface area contributed by atoms with Crippen LogP contribution < -0.4 is 5.56 Å². The molecule has 21 heavy (non-hydrogen) atoms. The maximum atomic E-state index is 12.4. The van der Waals surface area contributed by atoms with E-state index in [0.29, 0.717) is 5.52 Å². The molecule has 0 saturated heterocycles. The smallest absolute Gasteiger partial charge is 0.345 e. The molecule has 2 N–H and O–H groups in total. The molecule has 0 bridgehead atoms. The minimum Gasteiger partial charge on any atom is -0.465 e. The monoisotopic (exact) mass is 286 g/mol. The average Bonchev–Trinajstić information content (AvgIpc) is 2.86. The van der Waals surface area contributed by atoms with Gasteiger partial charge < -0.3 is 19.4 Å². The van der Waals surface area contributed by atoms with Gasteiger partial charge in [-0.1, -0.05) is 18.2 Å². The maximum absolute atomic E-state index is 12.4. The molecule has 2 aromatic heterocycles. The number of methoxy groups -OCH3 is 1. The summed E-state index contributed by atoms with van der Waals surface area (Å²) in [6, 6.07) is 7.53. The second kappa shape index (κ2) is 5.06. The molecule has 0 saturated carbocycles. The first-order valence-electron chi connectivity index (χ1n) is 6.50. The van der Waals surface area contributed by atoms with Gasteiger partial charge in [-0.15, -0.1) is 0 Å². The number of aromatic nitrogens is 2. The Labute approximate surface area is 119 Å². The number of nitrogens with one attached hydrogen (secondary N) is 1. The molecule has 0 aliphatic heterocycles. The number of fused-ring (bicyclic) bond motifs is 3. The molecule has 6 nitrogen and oxygen atoms in total. The summed E-state index contributed by atoms with van der Waals surface area (Å²) < 4.78 is 6.05. The van der Waals surface area contributed by atoms with Gasteiger partial charge in [-0.3, -0.25) is 4.79 Å². The van der Waals surface area contributed by atoms with Crippen LogP contribution in [0.5, 0.6) is 0 Å². The zero-order valence-electron chi connectivity index (χ0n) is 11.4. The number of rotatable bonds is 3. The highest BCUT2D eigenvalue weighted by Gasteiger charge is 2.20. The predicted octanol–water partition coefficient (Wildman–Crippen LogP) is 1.26. The third-order valence-electron chi connectivity index (χ3n) is 3.49. The second-order valence-electron chi connectivity index (χ2n) is 4.68. The van der Waals surface area contributed by atoms with E-state index in [4.69, 9.17) is 9.84 Å². The third-order valence-corrected chi connectivity index (χ3v) is 3.49. The van der Waals surface area contributed by atoms with Crippen molar-refractivity contribution in [2.24, 2.45) is 0 Å². The molecule has 0 atom stereocenters. The number of hydrogen-bond donors (Lipinski definition) is 2. The number of nitrogens with zero attached hydrogens (tertiary/aromatic N) is 1. The Morgan fingerprint density at radius 1 is 1.33 bits per heavy atom. The Kier molecular flexibility index (Phi) is 3.23. The summed E-state index contributed by atoms with van der Waals surface area (Å²) >= 11 is 0. The van der Waals surface area contributed by atoms with Crippen molar-refractivity contribution in [2.45, 2.75) is 6.54 Å². The Bertz CT molecular complexity index is 892. The summed E-state index contributed by atoms with van der Waals surface area (Å²) in [6.45, 7) is -0.0628. The molecule has 3 aromatic rings. The van der Waals surface area contributed by atoms with E-state index in [1.807, 2.05) is 24.3 Å². The highest BCUT2D eigenvalue weighted by Crippen LogP contribution is 2.26. The van der Waals surface area contributed by atoms with Crippen LogP contribution in [0.15, 0.2) is 35.3 Å². The fraction of sp³-hybridized carbons (Fsp3) is 0.200. The normalized spacial score (nSPS) is 11.1. The summed E-state index contributed by atoms with van der Waals surface area (Å²) in [4.78, 5) is 27.4. The van der Waals surface area contributed by atoms with E-state index in [1.54, 1.807) is 6.20 Å². The number of carbonyl (C=O) groups is 1. The van der Waals surface area contributed by atoms with Gasteiger partial charge in [0, 0.05) is 29.0 Å². The van der Waals surface area contributed by atoms with Gasteiger partial charge in [0.05, 0.1) is 19.2 Å². The van der Waals surface area contributed by atoms with E-state index in [2.05, 4.69) is 4.98 Å². The first-order chi connectivity index (χ1) is 10.2. The van der Waals surface area contributed by atoms with Crippen LogP contribution in [0.25, 0.3) is 21.8 Å². The summed E-state index contributed by atoms with van der Waals surface area (Å²) in [5.74, 6) is -0.691. The molecule has 0 fully saturated rings. The topological polar surface area (TPSA) is 84.3 Å². The Morgan fingerprint density at radius 3 is 2.81 bits per heavy atom. The zero-order valence-corrected chi connectivity index (χ0v) is 11.4. The number of benzene rings is 1. The average molecular weight is 286 g/mol. The van der Waals surface area contributed by atoms with Gasteiger partial charge in [0.2, 0.25) is 0 Å². The number of aromatic amines is 1. The van der Waals surface area contributed by atoms with Gasteiger partial charge in [-0.25, -0.2) is 4.79 Å². The van der Waals surface area contributed by atoms with Crippen LogP contribution in [0.2, 0.25) is 0 Å². The lowest BCUT2D eigenvalue weighted by atomic mass is 10.1. The molecule has 0 aliphatic rings. The molecule has 0 aliphatic carbocycles. The zero-order chi connectivity index (χ0) is 15.0. The van der Waals surface area contributed by atoms with Gasteiger partial charge in [-0.05, 0) is 6.07 Å². The fourth-order valence-corrected chi connectivity index (χ4v) is 2.53. The van der Waals surface area contributed by atoms with Crippen molar-refractivity contribution >= 4 is 27.8 Å². The van der Waals surface area contributed by atoms with Gasteiger partial charge in [-0.2, -0.15) is 0 Å². The van der Waals surface area contributed by atoms with Crippen LogP contribution in [-0.2, 0) is 11.3 Å². The van der Waals surface area contributed by atoms with Crippen molar-refractivity contribution < 1.29 is 14.6 Å². The van der Waals surface area contributed by atoms with Gasteiger partial charge in [0.1, 0.15) is 5.56 Å². The third kappa shape index (κ3) is 2.00. The number of pyridine rings is 1. The minimum absolute atomic E-state index is 0.0420. The molecule has 6 heteroatoms. The number of H-pyrrole nitrogens is 1. The first-order valence-corrected chi connectivity index (χ1v) is 6.50. The Morgan fingerprint density at radius 2 is 2.10 bits per heavy atom. The van der Waals surface area contributed by atoms with Crippen LogP contribution in [-0.4, -0.2) is 34.3 Å². The number of para-hydroxylation sites is 1. The minimum atomic E-state index is -0.691. The number of aliphatic hydroxyl groups excluding tert-OH is 1. The molecule has 108 valence electrons. The van der Waals surface area contributed by atoms with Crippen molar-refractivity contribution in [3.63, 3.8) is 0 Å². The molecule has 0 spiro atoms. The Hall–Kier alpha value is -2.60. The maximum Gasteiger partial charge on any atom is 0.345 e. The molecule has 3 rings (SSSR count). The van der Waals surface area contributed by atoms with E-state index in [9.17, 15) is 9.59 Å². The van der Waals surface area contributed by atoms with Crippen LogP contribution in [0.4, 0.5) is 0 Å². The van der Waals surface area contributed by atoms with E-state index < -0.39 is 11.5 Å². The lowest BCUT2D eigenvalue weighted by molar-refractivity contribution is 0.0600. The first kappa shape index (κ1) is 13.4. The van der Waals surface area contributed by atoms with Gasteiger partial charge >= 0.3 is 5.97 Å². The highest BCUT2D eigenvalue weighted by atomic mass is 16.5. The number of esters is 1. The van der Waals surface area contributed by atoms with Crippen LogP contribution >= 0.6 is 0 Å².